The van der Waals surface area contributed by atoms with Crippen molar-refractivity contribution in [2.24, 2.45) is 5.92 Å². The number of hydrogen-bond acceptors (Lipinski definition) is 3. The van der Waals surface area contributed by atoms with Crippen molar-refractivity contribution in [1.82, 2.24) is 19.7 Å². The van der Waals surface area contributed by atoms with Gasteiger partial charge in [-0.15, -0.1) is 0 Å². The van der Waals surface area contributed by atoms with Crippen LogP contribution in [0.15, 0.2) is 6.33 Å². The lowest BCUT2D eigenvalue weighted by Crippen LogP contribution is -2.23. The molecule has 0 saturated carbocycles. The zero-order valence-electron chi connectivity index (χ0n) is 10.5. The van der Waals surface area contributed by atoms with Gasteiger partial charge in [-0.05, 0) is 31.7 Å². The van der Waals surface area contributed by atoms with E-state index in [1.165, 1.54) is 25.9 Å². The Morgan fingerprint density at radius 3 is 3.18 bits per heavy atom. The number of likely N-dealkylation sites (tertiary alicyclic amines) is 1. The summed E-state index contributed by atoms with van der Waals surface area (Å²) in [7, 11) is 0. The average Bonchev–Trinajstić information content (AvgIpc) is 2.91. The van der Waals surface area contributed by atoms with E-state index in [2.05, 4.69) is 37.8 Å². The normalized spacial score (nSPS) is 21.2. The van der Waals surface area contributed by atoms with Gasteiger partial charge in [0, 0.05) is 18.4 Å². The minimum absolute atomic E-state index is 0.858. The van der Waals surface area contributed by atoms with Crippen molar-refractivity contribution in [2.75, 3.05) is 18.4 Å². The number of alkyl halides is 1. The van der Waals surface area contributed by atoms with Crippen LogP contribution in [-0.2, 0) is 13.1 Å². The molecular weight excluding hydrogens is 280 g/mol. The highest BCUT2D eigenvalue weighted by molar-refractivity contribution is 9.09. The monoisotopic (exact) mass is 300 g/mol. The molecule has 5 heteroatoms. The van der Waals surface area contributed by atoms with Gasteiger partial charge in [0.25, 0.3) is 0 Å². The molecule has 1 fully saturated rings. The van der Waals surface area contributed by atoms with Crippen LogP contribution in [0.5, 0.6) is 0 Å². The highest BCUT2D eigenvalue weighted by atomic mass is 79.9. The van der Waals surface area contributed by atoms with Gasteiger partial charge in [-0.2, -0.15) is 5.10 Å². The summed E-state index contributed by atoms with van der Waals surface area (Å²) in [6, 6.07) is 0. The molecule has 0 aliphatic carbocycles. The third-order valence-electron chi connectivity index (χ3n) is 3.38. The van der Waals surface area contributed by atoms with Gasteiger partial charge in [0.2, 0.25) is 0 Å². The molecule has 2 heterocycles. The molecule has 0 amide bonds. The van der Waals surface area contributed by atoms with Crippen molar-refractivity contribution >= 4 is 15.9 Å². The Balaban J connectivity index is 1.86. The van der Waals surface area contributed by atoms with Crippen molar-refractivity contribution in [3.8, 4) is 0 Å². The summed E-state index contributed by atoms with van der Waals surface area (Å²) in [4.78, 5) is 6.87. The topological polar surface area (TPSA) is 34.0 Å². The molecule has 0 spiro atoms. The van der Waals surface area contributed by atoms with Gasteiger partial charge in [0.05, 0.1) is 6.54 Å². The average molecular weight is 301 g/mol. The maximum Gasteiger partial charge on any atom is 0.141 e. The summed E-state index contributed by atoms with van der Waals surface area (Å²) in [6.07, 6.45) is 5.41. The second kappa shape index (κ2) is 6.50. The standard InChI is InChI=1S/C12H21BrN4/c1-2-6-17-12(14-10-15-17)9-16-7-4-11(8-16)3-5-13/h10-11H,2-9H2,1H3. The summed E-state index contributed by atoms with van der Waals surface area (Å²) in [5.41, 5.74) is 0. The lowest BCUT2D eigenvalue weighted by Gasteiger charge is -2.15. The quantitative estimate of drug-likeness (QED) is 0.756. The van der Waals surface area contributed by atoms with Crippen LogP contribution in [0.1, 0.15) is 32.0 Å². The number of halogens is 1. The molecule has 0 aromatic carbocycles. The lowest BCUT2D eigenvalue weighted by molar-refractivity contribution is 0.299. The van der Waals surface area contributed by atoms with E-state index in [9.17, 15) is 0 Å². The third kappa shape index (κ3) is 3.52. The van der Waals surface area contributed by atoms with Crippen LogP contribution in [0.3, 0.4) is 0 Å². The van der Waals surface area contributed by atoms with E-state index in [0.717, 1.165) is 36.6 Å². The second-order valence-electron chi connectivity index (χ2n) is 4.77. The zero-order valence-corrected chi connectivity index (χ0v) is 12.1. The van der Waals surface area contributed by atoms with Crippen LogP contribution in [0.25, 0.3) is 0 Å². The Morgan fingerprint density at radius 2 is 2.41 bits per heavy atom. The van der Waals surface area contributed by atoms with E-state index in [1.807, 2.05) is 4.68 Å². The van der Waals surface area contributed by atoms with Gasteiger partial charge in [-0.1, -0.05) is 22.9 Å². The van der Waals surface area contributed by atoms with E-state index < -0.39 is 0 Å². The first-order valence-electron chi connectivity index (χ1n) is 6.48. The minimum Gasteiger partial charge on any atom is -0.296 e. The number of nitrogens with zero attached hydrogens (tertiary/aromatic N) is 4. The molecule has 1 aliphatic rings. The fourth-order valence-corrected chi connectivity index (χ4v) is 3.10. The van der Waals surface area contributed by atoms with E-state index in [-0.39, 0.29) is 0 Å². The Labute approximate surface area is 112 Å². The number of rotatable bonds is 6. The molecule has 1 atom stereocenters. The highest BCUT2D eigenvalue weighted by Gasteiger charge is 2.22. The van der Waals surface area contributed by atoms with Crippen LogP contribution in [-0.4, -0.2) is 38.1 Å². The van der Waals surface area contributed by atoms with E-state index in [0.29, 0.717) is 0 Å². The summed E-state index contributed by atoms with van der Waals surface area (Å²) in [5.74, 6) is 1.98. The molecular formula is C12H21BrN4. The predicted octanol–water partition coefficient (Wildman–Crippen LogP) is 2.29. The van der Waals surface area contributed by atoms with Crippen LogP contribution >= 0.6 is 15.9 Å². The smallest absolute Gasteiger partial charge is 0.141 e. The summed E-state index contributed by atoms with van der Waals surface area (Å²) in [5, 5.41) is 5.40. The molecule has 1 aromatic heterocycles. The van der Waals surface area contributed by atoms with Gasteiger partial charge in [0.1, 0.15) is 12.2 Å². The molecule has 0 bridgehead atoms. The third-order valence-corrected chi connectivity index (χ3v) is 3.84. The van der Waals surface area contributed by atoms with E-state index in [1.54, 1.807) is 6.33 Å². The fourth-order valence-electron chi connectivity index (χ4n) is 2.46. The Hall–Kier alpha value is -0.420. The first-order chi connectivity index (χ1) is 8.33. The van der Waals surface area contributed by atoms with Gasteiger partial charge >= 0.3 is 0 Å². The summed E-state index contributed by atoms with van der Waals surface area (Å²) < 4.78 is 2.04. The molecule has 0 N–H and O–H groups in total. The molecule has 2 rings (SSSR count). The SMILES string of the molecule is CCCn1ncnc1CN1CCC(CCBr)C1. The van der Waals surface area contributed by atoms with Crippen molar-refractivity contribution in [3.05, 3.63) is 12.2 Å². The largest absolute Gasteiger partial charge is 0.296 e. The molecule has 96 valence electrons. The predicted molar refractivity (Wildman–Crippen MR) is 72.1 cm³/mol. The molecule has 4 nitrogen and oxygen atoms in total. The van der Waals surface area contributed by atoms with Crippen LogP contribution in [0.2, 0.25) is 0 Å². The highest BCUT2D eigenvalue weighted by Crippen LogP contribution is 2.21. The number of hydrogen-bond donors (Lipinski definition) is 0. The summed E-state index contributed by atoms with van der Waals surface area (Å²) in [6.45, 7) is 6.53. The molecule has 1 aliphatic heterocycles. The fraction of sp³-hybridized carbons (Fsp3) is 0.833. The first-order valence-corrected chi connectivity index (χ1v) is 7.60. The molecule has 1 aromatic rings. The lowest BCUT2D eigenvalue weighted by atomic mass is 10.1. The maximum absolute atomic E-state index is 4.37. The van der Waals surface area contributed by atoms with Crippen molar-refractivity contribution < 1.29 is 0 Å². The van der Waals surface area contributed by atoms with Gasteiger partial charge in [0.15, 0.2) is 0 Å². The molecule has 1 unspecified atom stereocenters. The van der Waals surface area contributed by atoms with Gasteiger partial charge < -0.3 is 0 Å². The molecule has 1 saturated heterocycles. The minimum atomic E-state index is 0.858. The Kier molecular flexibility index (Phi) is 4.98. The van der Waals surface area contributed by atoms with Crippen molar-refractivity contribution in [2.45, 2.75) is 39.3 Å². The maximum atomic E-state index is 4.37. The van der Waals surface area contributed by atoms with Crippen molar-refractivity contribution in [3.63, 3.8) is 0 Å². The first kappa shape index (κ1) is 13.0. The zero-order chi connectivity index (χ0) is 12.1. The number of aryl methyl sites for hydroxylation is 1. The van der Waals surface area contributed by atoms with Gasteiger partial charge in [-0.25, -0.2) is 9.67 Å². The Morgan fingerprint density at radius 1 is 1.53 bits per heavy atom. The Bertz CT molecular complexity index is 339. The van der Waals surface area contributed by atoms with E-state index in [4.69, 9.17) is 0 Å². The molecule has 0 radical (unpaired) electrons. The second-order valence-corrected chi connectivity index (χ2v) is 5.56. The van der Waals surface area contributed by atoms with E-state index >= 15 is 0 Å². The van der Waals surface area contributed by atoms with Crippen LogP contribution < -0.4 is 0 Å². The molecule has 17 heavy (non-hydrogen) atoms. The van der Waals surface area contributed by atoms with Crippen LogP contribution in [0, 0.1) is 5.92 Å². The van der Waals surface area contributed by atoms with Crippen molar-refractivity contribution in [1.29, 1.82) is 0 Å². The van der Waals surface area contributed by atoms with Gasteiger partial charge in [-0.3, -0.25) is 4.90 Å². The van der Waals surface area contributed by atoms with Crippen LogP contribution in [0.4, 0.5) is 0 Å². The number of aromatic nitrogens is 3. The summed E-state index contributed by atoms with van der Waals surface area (Å²) >= 11 is 3.53.